The largest absolute Gasteiger partial charge is 0.326 e. The maximum absolute atomic E-state index is 11.8. The maximum atomic E-state index is 11.8. The van der Waals surface area contributed by atoms with Crippen molar-refractivity contribution in [2.45, 2.75) is 53.2 Å². The molecule has 82 valence electrons. The molecule has 1 heterocycles. The number of amides is 1. The Labute approximate surface area is 86.9 Å². The molecule has 2 atom stereocenters. The molecule has 0 aliphatic carbocycles. The van der Waals surface area contributed by atoms with E-state index in [0.717, 1.165) is 13.0 Å². The average molecular weight is 198 g/mol. The van der Waals surface area contributed by atoms with E-state index in [1.54, 1.807) is 0 Å². The smallest absolute Gasteiger partial charge is 0.240 e. The SMILES string of the molecule is CCC(C)(C)CN1C(=O)C(C)NC1C. The van der Waals surface area contributed by atoms with Crippen molar-refractivity contribution in [3.05, 3.63) is 0 Å². The molecule has 0 bridgehead atoms. The lowest BCUT2D eigenvalue weighted by Gasteiger charge is -2.31. The van der Waals surface area contributed by atoms with Crippen molar-refractivity contribution >= 4 is 5.91 Å². The van der Waals surface area contributed by atoms with Crippen LogP contribution in [0.2, 0.25) is 0 Å². The van der Waals surface area contributed by atoms with Crippen molar-refractivity contribution in [2.24, 2.45) is 5.41 Å². The molecule has 1 aliphatic heterocycles. The number of nitrogens with one attached hydrogen (secondary N) is 1. The van der Waals surface area contributed by atoms with Crippen LogP contribution >= 0.6 is 0 Å². The van der Waals surface area contributed by atoms with Gasteiger partial charge in [-0.15, -0.1) is 0 Å². The summed E-state index contributed by atoms with van der Waals surface area (Å²) < 4.78 is 0. The second kappa shape index (κ2) is 3.89. The Hall–Kier alpha value is -0.570. The fraction of sp³-hybridized carbons (Fsp3) is 0.909. The van der Waals surface area contributed by atoms with Gasteiger partial charge in [0.15, 0.2) is 0 Å². The minimum atomic E-state index is -0.0161. The highest BCUT2D eigenvalue weighted by molar-refractivity contribution is 5.83. The van der Waals surface area contributed by atoms with Gasteiger partial charge < -0.3 is 4.90 Å². The lowest BCUT2D eigenvalue weighted by molar-refractivity contribution is -0.130. The predicted octanol–water partition coefficient (Wildman–Crippen LogP) is 1.59. The summed E-state index contributed by atoms with van der Waals surface area (Å²) in [5.74, 6) is 0.235. The van der Waals surface area contributed by atoms with Crippen LogP contribution in [0.15, 0.2) is 0 Å². The summed E-state index contributed by atoms with van der Waals surface area (Å²) in [6.07, 6.45) is 1.28. The second-order valence-corrected chi connectivity index (χ2v) is 5.05. The monoisotopic (exact) mass is 198 g/mol. The number of carbonyl (C=O) groups is 1. The van der Waals surface area contributed by atoms with E-state index in [4.69, 9.17) is 0 Å². The van der Waals surface area contributed by atoms with Gasteiger partial charge in [-0.3, -0.25) is 10.1 Å². The van der Waals surface area contributed by atoms with Gasteiger partial charge >= 0.3 is 0 Å². The Bertz CT molecular complexity index is 225. The molecule has 0 radical (unpaired) electrons. The van der Waals surface area contributed by atoms with Gasteiger partial charge in [0.2, 0.25) is 5.91 Å². The molecule has 1 aliphatic rings. The van der Waals surface area contributed by atoms with Crippen LogP contribution in [0, 0.1) is 5.41 Å². The Balaban J connectivity index is 2.65. The zero-order valence-electron chi connectivity index (χ0n) is 9.92. The summed E-state index contributed by atoms with van der Waals surface area (Å²) in [4.78, 5) is 13.7. The first-order chi connectivity index (χ1) is 6.37. The highest BCUT2D eigenvalue weighted by Gasteiger charge is 2.35. The van der Waals surface area contributed by atoms with Gasteiger partial charge in [-0.1, -0.05) is 20.8 Å². The van der Waals surface area contributed by atoms with Crippen LogP contribution in [-0.4, -0.2) is 29.6 Å². The van der Waals surface area contributed by atoms with Crippen molar-refractivity contribution < 1.29 is 4.79 Å². The molecule has 0 aromatic rings. The van der Waals surface area contributed by atoms with E-state index in [2.05, 4.69) is 26.1 Å². The molecule has 3 nitrogen and oxygen atoms in total. The lowest BCUT2D eigenvalue weighted by atomic mass is 9.89. The minimum Gasteiger partial charge on any atom is -0.326 e. The number of nitrogens with zero attached hydrogens (tertiary/aromatic N) is 1. The van der Waals surface area contributed by atoms with E-state index in [0.29, 0.717) is 0 Å². The van der Waals surface area contributed by atoms with Gasteiger partial charge in [0, 0.05) is 6.54 Å². The van der Waals surface area contributed by atoms with Crippen LogP contribution < -0.4 is 5.32 Å². The Morgan fingerprint density at radius 1 is 1.43 bits per heavy atom. The molecule has 0 spiro atoms. The zero-order chi connectivity index (χ0) is 10.9. The van der Waals surface area contributed by atoms with Gasteiger partial charge in [-0.25, -0.2) is 0 Å². The van der Waals surface area contributed by atoms with E-state index in [-0.39, 0.29) is 23.5 Å². The summed E-state index contributed by atoms with van der Waals surface area (Å²) in [5, 5.41) is 3.24. The Morgan fingerprint density at radius 3 is 2.36 bits per heavy atom. The lowest BCUT2D eigenvalue weighted by Crippen LogP contribution is -2.41. The van der Waals surface area contributed by atoms with Gasteiger partial charge in [0.05, 0.1) is 12.2 Å². The summed E-state index contributed by atoms with van der Waals surface area (Å²) in [6, 6.07) is -0.0161. The highest BCUT2D eigenvalue weighted by atomic mass is 16.2. The molecule has 1 N–H and O–H groups in total. The van der Waals surface area contributed by atoms with Crippen molar-refractivity contribution in [2.75, 3.05) is 6.54 Å². The molecule has 1 rings (SSSR count). The van der Waals surface area contributed by atoms with Crippen molar-refractivity contribution in [3.8, 4) is 0 Å². The molecule has 1 fully saturated rings. The zero-order valence-corrected chi connectivity index (χ0v) is 9.92. The van der Waals surface area contributed by atoms with E-state index in [1.807, 2.05) is 18.7 Å². The van der Waals surface area contributed by atoms with Crippen molar-refractivity contribution in [1.29, 1.82) is 0 Å². The van der Waals surface area contributed by atoms with Crippen LogP contribution in [-0.2, 0) is 4.79 Å². The van der Waals surface area contributed by atoms with Crippen molar-refractivity contribution in [3.63, 3.8) is 0 Å². The first kappa shape index (κ1) is 11.5. The Kier molecular flexibility index (Phi) is 3.20. The third kappa shape index (κ3) is 2.27. The van der Waals surface area contributed by atoms with Crippen LogP contribution in [0.4, 0.5) is 0 Å². The highest BCUT2D eigenvalue weighted by Crippen LogP contribution is 2.24. The molecule has 0 aromatic heterocycles. The summed E-state index contributed by atoms with van der Waals surface area (Å²) >= 11 is 0. The molecule has 0 aromatic carbocycles. The predicted molar refractivity (Wildman–Crippen MR) is 57.8 cm³/mol. The van der Waals surface area contributed by atoms with Crippen LogP contribution in [0.1, 0.15) is 41.0 Å². The third-order valence-electron chi connectivity index (χ3n) is 3.17. The average Bonchev–Trinajstić information content (AvgIpc) is 2.32. The van der Waals surface area contributed by atoms with Crippen LogP contribution in [0.5, 0.6) is 0 Å². The molecular weight excluding hydrogens is 176 g/mol. The molecule has 1 amide bonds. The number of carbonyl (C=O) groups excluding carboxylic acids is 1. The van der Waals surface area contributed by atoms with Gasteiger partial charge in [0.1, 0.15) is 0 Å². The molecule has 1 saturated heterocycles. The molecular formula is C11H22N2O. The van der Waals surface area contributed by atoms with E-state index < -0.39 is 0 Å². The van der Waals surface area contributed by atoms with Gasteiger partial charge in [0.25, 0.3) is 0 Å². The fourth-order valence-electron chi connectivity index (χ4n) is 1.75. The standard InChI is InChI=1S/C11H22N2O/c1-6-11(4,5)7-13-9(3)12-8(2)10(13)14/h8-9,12H,6-7H2,1-5H3. The normalized spacial score (nSPS) is 28.6. The minimum absolute atomic E-state index is 0.0161. The van der Waals surface area contributed by atoms with E-state index in [9.17, 15) is 4.79 Å². The molecule has 0 saturated carbocycles. The van der Waals surface area contributed by atoms with Crippen LogP contribution in [0.3, 0.4) is 0 Å². The van der Waals surface area contributed by atoms with Crippen LogP contribution in [0.25, 0.3) is 0 Å². The third-order valence-corrected chi connectivity index (χ3v) is 3.17. The van der Waals surface area contributed by atoms with E-state index >= 15 is 0 Å². The van der Waals surface area contributed by atoms with Crippen molar-refractivity contribution in [1.82, 2.24) is 10.2 Å². The molecule has 14 heavy (non-hydrogen) atoms. The molecule has 2 unspecified atom stereocenters. The van der Waals surface area contributed by atoms with Gasteiger partial charge in [-0.05, 0) is 25.7 Å². The summed E-state index contributed by atoms with van der Waals surface area (Å²) in [5.41, 5.74) is 0.218. The van der Waals surface area contributed by atoms with E-state index in [1.165, 1.54) is 0 Å². The Morgan fingerprint density at radius 2 is 2.00 bits per heavy atom. The maximum Gasteiger partial charge on any atom is 0.240 e. The number of hydrogen-bond acceptors (Lipinski definition) is 2. The van der Waals surface area contributed by atoms with Gasteiger partial charge in [-0.2, -0.15) is 0 Å². The quantitative estimate of drug-likeness (QED) is 0.747. The molecule has 3 heteroatoms. The second-order valence-electron chi connectivity index (χ2n) is 5.05. The summed E-state index contributed by atoms with van der Waals surface area (Å²) in [7, 11) is 0. The number of hydrogen-bond donors (Lipinski definition) is 1. The fourth-order valence-corrected chi connectivity index (χ4v) is 1.75. The summed E-state index contributed by atoms with van der Waals surface area (Å²) in [6.45, 7) is 11.4. The first-order valence-electron chi connectivity index (χ1n) is 5.44. The first-order valence-corrected chi connectivity index (χ1v) is 5.44. The topological polar surface area (TPSA) is 32.3 Å². The number of rotatable bonds is 3.